The maximum absolute atomic E-state index is 13.0. The number of likely N-dealkylation sites (N-methyl/N-ethyl adjacent to an activating group) is 1. The van der Waals surface area contributed by atoms with Gasteiger partial charge in [0.15, 0.2) is 0 Å². The van der Waals surface area contributed by atoms with Crippen LogP contribution in [0.4, 0.5) is 0 Å². The summed E-state index contributed by atoms with van der Waals surface area (Å²) in [5.41, 5.74) is 0. The highest BCUT2D eigenvalue weighted by molar-refractivity contribution is 5.79. The second kappa shape index (κ2) is 8.70. The largest absolute Gasteiger partial charge is 0.480 e. The van der Waals surface area contributed by atoms with Crippen LogP contribution in [0.25, 0.3) is 0 Å². The molecule has 26 heavy (non-hydrogen) atoms. The van der Waals surface area contributed by atoms with Crippen LogP contribution in [0.5, 0.6) is 0 Å². The maximum atomic E-state index is 13.0. The van der Waals surface area contributed by atoms with Crippen molar-refractivity contribution in [1.29, 1.82) is 0 Å². The molecule has 1 amide bonds. The Labute approximate surface area is 157 Å². The fourth-order valence-corrected chi connectivity index (χ4v) is 4.71. The van der Waals surface area contributed by atoms with E-state index in [1.54, 1.807) is 0 Å². The van der Waals surface area contributed by atoms with Crippen molar-refractivity contribution in [3.05, 3.63) is 0 Å². The molecule has 1 aliphatic heterocycles. The van der Waals surface area contributed by atoms with Gasteiger partial charge in [-0.3, -0.25) is 19.4 Å². The van der Waals surface area contributed by atoms with Crippen LogP contribution in [0.3, 0.4) is 0 Å². The number of carboxylic acid groups (broad SMARTS) is 1. The van der Waals surface area contributed by atoms with Crippen LogP contribution in [0.15, 0.2) is 0 Å². The Bertz CT molecular complexity index is 493. The summed E-state index contributed by atoms with van der Waals surface area (Å²) in [6.07, 6.45) is 9.10. The molecule has 3 fully saturated rings. The first-order chi connectivity index (χ1) is 12.4. The van der Waals surface area contributed by atoms with Crippen molar-refractivity contribution in [2.45, 2.75) is 76.4 Å². The number of rotatable bonds is 7. The molecule has 2 aliphatic carbocycles. The van der Waals surface area contributed by atoms with E-state index in [2.05, 4.69) is 16.7 Å². The molecule has 148 valence electrons. The lowest BCUT2D eigenvalue weighted by Crippen LogP contribution is -2.51. The van der Waals surface area contributed by atoms with E-state index in [0.717, 1.165) is 31.8 Å². The molecule has 1 heterocycles. The third-order valence-electron chi connectivity index (χ3n) is 6.53. The zero-order valence-electron chi connectivity index (χ0n) is 16.4. The van der Waals surface area contributed by atoms with Crippen LogP contribution in [-0.2, 0) is 9.59 Å². The topological polar surface area (TPSA) is 64.1 Å². The van der Waals surface area contributed by atoms with Crippen molar-refractivity contribution in [1.82, 2.24) is 14.7 Å². The van der Waals surface area contributed by atoms with Crippen molar-refractivity contribution in [3.63, 3.8) is 0 Å². The molecular weight excluding hydrogens is 330 g/mol. The number of carbonyl (C=O) groups is 2. The van der Waals surface area contributed by atoms with Gasteiger partial charge in [-0.1, -0.05) is 6.92 Å². The third-order valence-corrected chi connectivity index (χ3v) is 6.53. The minimum atomic E-state index is -0.771. The van der Waals surface area contributed by atoms with E-state index in [-0.39, 0.29) is 6.54 Å². The Morgan fingerprint density at radius 3 is 1.96 bits per heavy atom. The predicted octanol–water partition coefficient (Wildman–Crippen LogP) is 2.04. The van der Waals surface area contributed by atoms with Crippen molar-refractivity contribution < 1.29 is 14.7 Å². The normalized spacial score (nSPS) is 28.3. The molecule has 3 rings (SSSR count). The fourth-order valence-electron chi connectivity index (χ4n) is 4.71. The average Bonchev–Trinajstić information content (AvgIpc) is 3.42. The maximum Gasteiger partial charge on any atom is 0.317 e. The molecule has 1 N–H and O–H groups in total. The first-order valence-corrected chi connectivity index (χ1v) is 10.4. The summed E-state index contributed by atoms with van der Waals surface area (Å²) in [5.74, 6) is 0.362. The Kier molecular flexibility index (Phi) is 6.56. The molecule has 6 nitrogen and oxygen atoms in total. The van der Waals surface area contributed by atoms with Gasteiger partial charge in [-0.15, -0.1) is 0 Å². The molecule has 0 radical (unpaired) electrons. The van der Waals surface area contributed by atoms with Gasteiger partial charge in [-0.2, -0.15) is 0 Å². The third kappa shape index (κ3) is 5.19. The lowest BCUT2D eigenvalue weighted by atomic mass is 9.86. The number of hydrogen-bond acceptors (Lipinski definition) is 4. The lowest BCUT2D eigenvalue weighted by Gasteiger charge is -2.39. The second-order valence-corrected chi connectivity index (χ2v) is 8.76. The number of amides is 1. The summed E-state index contributed by atoms with van der Waals surface area (Å²) < 4.78 is 0. The standard InChI is InChI=1S/C20H35N3O3/c1-15-3-5-17(6-4-15)23(18-7-8-18)19(24)13-22-11-9-16(10-12-22)21(2)14-20(25)26/h15-18H,3-14H2,1-2H3,(H,25,26). The molecule has 2 saturated carbocycles. The second-order valence-electron chi connectivity index (χ2n) is 8.76. The van der Waals surface area contributed by atoms with Gasteiger partial charge in [0.25, 0.3) is 0 Å². The smallest absolute Gasteiger partial charge is 0.317 e. The van der Waals surface area contributed by atoms with E-state index in [1.165, 1.54) is 38.5 Å². The highest BCUT2D eigenvalue weighted by Crippen LogP contribution is 2.35. The van der Waals surface area contributed by atoms with Crippen molar-refractivity contribution >= 4 is 11.9 Å². The summed E-state index contributed by atoms with van der Waals surface area (Å²) in [7, 11) is 1.89. The van der Waals surface area contributed by atoms with Gasteiger partial charge in [0.1, 0.15) is 0 Å². The van der Waals surface area contributed by atoms with Crippen LogP contribution in [-0.4, -0.2) is 83.0 Å². The summed E-state index contributed by atoms with van der Waals surface area (Å²) in [6, 6.07) is 1.28. The number of piperidine rings is 1. The number of aliphatic carboxylic acids is 1. The quantitative estimate of drug-likeness (QED) is 0.748. The minimum Gasteiger partial charge on any atom is -0.480 e. The Morgan fingerprint density at radius 2 is 1.46 bits per heavy atom. The lowest BCUT2D eigenvalue weighted by molar-refractivity contribution is -0.138. The molecule has 0 aromatic carbocycles. The van der Waals surface area contributed by atoms with Crippen LogP contribution in [0, 0.1) is 5.92 Å². The number of carboxylic acids is 1. The molecule has 6 heteroatoms. The molecule has 0 atom stereocenters. The number of likely N-dealkylation sites (tertiary alicyclic amines) is 1. The van der Waals surface area contributed by atoms with E-state index in [1.807, 2.05) is 11.9 Å². The van der Waals surface area contributed by atoms with Gasteiger partial charge >= 0.3 is 5.97 Å². The highest BCUT2D eigenvalue weighted by Gasteiger charge is 2.39. The zero-order chi connectivity index (χ0) is 18.7. The molecule has 3 aliphatic rings. The monoisotopic (exact) mass is 365 g/mol. The number of nitrogens with zero attached hydrogens (tertiary/aromatic N) is 3. The molecule has 0 aromatic heterocycles. The first kappa shape index (κ1) is 19.6. The summed E-state index contributed by atoms with van der Waals surface area (Å²) in [5, 5.41) is 8.94. The Morgan fingerprint density at radius 1 is 0.923 bits per heavy atom. The van der Waals surface area contributed by atoms with E-state index >= 15 is 0 Å². The van der Waals surface area contributed by atoms with Gasteiger partial charge in [0.2, 0.25) is 5.91 Å². The summed E-state index contributed by atoms with van der Waals surface area (Å²) >= 11 is 0. The molecule has 0 unspecified atom stereocenters. The highest BCUT2D eigenvalue weighted by atomic mass is 16.4. The van der Waals surface area contributed by atoms with Crippen LogP contribution < -0.4 is 0 Å². The van der Waals surface area contributed by atoms with E-state index in [9.17, 15) is 9.59 Å². The Balaban J connectivity index is 1.47. The predicted molar refractivity (Wildman–Crippen MR) is 101 cm³/mol. The van der Waals surface area contributed by atoms with E-state index in [4.69, 9.17) is 5.11 Å². The minimum absolute atomic E-state index is 0.0964. The summed E-state index contributed by atoms with van der Waals surface area (Å²) in [4.78, 5) is 30.4. The molecule has 0 bridgehead atoms. The number of hydrogen-bond donors (Lipinski definition) is 1. The Hall–Kier alpha value is -1.14. The van der Waals surface area contributed by atoms with Gasteiger partial charge in [-0.25, -0.2) is 0 Å². The molecule has 0 aromatic rings. The SMILES string of the molecule is CC1CCC(N(C(=O)CN2CCC(N(C)CC(=O)O)CC2)C2CC2)CC1. The zero-order valence-corrected chi connectivity index (χ0v) is 16.4. The molecule has 1 saturated heterocycles. The van der Waals surface area contributed by atoms with Crippen molar-refractivity contribution in [3.8, 4) is 0 Å². The van der Waals surface area contributed by atoms with E-state index < -0.39 is 5.97 Å². The van der Waals surface area contributed by atoms with Gasteiger partial charge < -0.3 is 10.0 Å². The van der Waals surface area contributed by atoms with E-state index in [0.29, 0.717) is 30.6 Å². The summed E-state index contributed by atoms with van der Waals surface area (Å²) in [6.45, 7) is 4.74. The van der Waals surface area contributed by atoms with Gasteiger partial charge in [0, 0.05) is 31.2 Å². The van der Waals surface area contributed by atoms with Crippen LogP contribution >= 0.6 is 0 Å². The fraction of sp³-hybridized carbons (Fsp3) is 0.900. The number of carbonyl (C=O) groups excluding carboxylic acids is 1. The first-order valence-electron chi connectivity index (χ1n) is 10.4. The van der Waals surface area contributed by atoms with Gasteiger partial charge in [-0.05, 0) is 64.3 Å². The molecular formula is C20H35N3O3. The van der Waals surface area contributed by atoms with Crippen LogP contribution in [0.2, 0.25) is 0 Å². The average molecular weight is 366 g/mol. The van der Waals surface area contributed by atoms with Crippen molar-refractivity contribution in [2.24, 2.45) is 5.92 Å². The van der Waals surface area contributed by atoms with Crippen LogP contribution in [0.1, 0.15) is 58.3 Å². The van der Waals surface area contributed by atoms with Crippen molar-refractivity contribution in [2.75, 3.05) is 33.2 Å². The van der Waals surface area contributed by atoms with Gasteiger partial charge in [0.05, 0.1) is 13.1 Å². The molecule has 0 spiro atoms.